The first-order valence-electron chi connectivity index (χ1n) is 5.58. The molecule has 0 bridgehead atoms. The molecule has 0 spiro atoms. The second-order valence-electron chi connectivity index (χ2n) is 3.80. The number of benzene rings is 1. The van der Waals surface area contributed by atoms with Crippen LogP contribution in [0.25, 0.3) is 0 Å². The number of rotatable bonds is 3. The van der Waals surface area contributed by atoms with Crippen molar-refractivity contribution in [2.45, 2.75) is 0 Å². The molecule has 0 aliphatic rings. The van der Waals surface area contributed by atoms with Crippen molar-refractivity contribution in [3.63, 3.8) is 0 Å². The number of halogens is 1. The van der Waals surface area contributed by atoms with E-state index in [0.717, 1.165) is 0 Å². The third-order valence-electron chi connectivity index (χ3n) is 2.41. The molecule has 0 aliphatic carbocycles. The summed E-state index contributed by atoms with van der Waals surface area (Å²) in [5, 5.41) is 13.8. The quantitative estimate of drug-likeness (QED) is 0.758. The number of hydrogen-bond acceptors (Lipinski definition) is 3. The molecule has 0 saturated carbocycles. The zero-order chi connectivity index (χ0) is 14.5. The summed E-state index contributed by atoms with van der Waals surface area (Å²) in [5.74, 6) is -0.409. The molecule has 2 rings (SSSR count). The van der Waals surface area contributed by atoms with E-state index in [-0.39, 0.29) is 10.8 Å². The first-order valence-corrected chi connectivity index (χ1v) is 5.96. The summed E-state index contributed by atoms with van der Waals surface area (Å²) >= 11 is 5.64. The van der Waals surface area contributed by atoms with Crippen molar-refractivity contribution in [2.24, 2.45) is 0 Å². The van der Waals surface area contributed by atoms with Gasteiger partial charge in [-0.3, -0.25) is 10.1 Å². The Hall–Kier alpha value is -2.60. The summed E-state index contributed by atoms with van der Waals surface area (Å²) < 4.78 is 0. The average Bonchev–Trinajstić information content (AvgIpc) is 2.41. The minimum absolute atomic E-state index is 0.287. The van der Waals surface area contributed by atoms with Crippen molar-refractivity contribution in [3.05, 3.63) is 53.3 Å². The van der Waals surface area contributed by atoms with Gasteiger partial charge in [0.25, 0.3) is 5.91 Å². The van der Waals surface area contributed by atoms with E-state index in [1.165, 1.54) is 18.3 Å². The van der Waals surface area contributed by atoms with Crippen molar-refractivity contribution < 1.29 is 14.7 Å². The average molecular weight is 292 g/mol. The fourth-order valence-corrected chi connectivity index (χ4v) is 1.63. The largest absolute Gasteiger partial charge is 0.465 e. The van der Waals surface area contributed by atoms with Gasteiger partial charge in [0.05, 0.1) is 16.9 Å². The number of pyridine rings is 1. The van der Waals surface area contributed by atoms with Crippen LogP contribution < -0.4 is 10.6 Å². The zero-order valence-electron chi connectivity index (χ0n) is 10.1. The Morgan fingerprint density at radius 3 is 2.25 bits per heavy atom. The molecule has 0 aliphatic heterocycles. The molecule has 2 amide bonds. The van der Waals surface area contributed by atoms with Gasteiger partial charge >= 0.3 is 6.09 Å². The van der Waals surface area contributed by atoms with E-state index in [0.29, 0.717) is 11.3 Å². The van der Waals surface area contributed by atoms with Gasteiger partial charge in [0.1, 0.15) is 5.15 Å². The lowest BCUT2D eigenvalue weighted by Crippen LogP contribution is -2.15. The molecule has 2 aromatic rings. The molecule has 20 heavy (non-hydrogen) atoms. The minimum atomic E-state index is -1.21. The van der Waals surface area contributed by atoms with Crippen molar-refractivity contribution >= 4 is 35.0 Å². The number of carbonyl (C=O) groups is 2. The van der Waals surface area contributed by atoms with Crippen LogP contribution in [0.5, 0.6) is 0 Å². The lowest BCUT2D eigenvalue weighted by molar-refractivity contribution is 0.102. The third kappa shape index (κ3) is 3.46. The van der Waals surface area contributed by atoms with Crippen LogP contribution in [0.1, 0.15) is 10.4 Å². The summed E-state index contributed by atoms with van der Waals surface area (Å²) in [4.78, 5) is 26.5. The molecule has 6 nitrogen and oxygen atoms in total. The van der Waals surface area contributed by atoms with Gasteiger partial charge in [0.2, 0.25) is 0 Å². The highest BCUT2D eigenvalue weighted by Crippen LogP contribution is 2.21. The van der Waals surface area contributed by atoms with E-state index in [1.54, 1.807) is 24.3 Å². The fourth-order valence-electron chi connectivity index (χ4n) is 1.52. The summed E-state index contributed by atoms with van der Waals surface area (Å²) in [7, 11) is 0. The van der Waals surface area contributed by atoms with Gasteiger partial charge in [-0.2, -0.15) is 0 Å². The first-order chi connectivity index (χ1) is 9.56. The van der Waals surface area contributed by atoms with Crippen molar-refractivity contribution in [2.75, 3.05) is 10.6 Å². The lowest BCUT2D eigenvalue weighted by Gasteiger charge is -2.10. The Morgan fingerprint density at radius 1 is 1.05 bits per heavy atom. The molecule has 1 aromatic heterocycles. The fraction of sp³-hybridized carbons (Fsp3) is 0. The van der Waals surface area contributed by atoms with Crippen molar-refractivity contribution in [1.82, 2.24) is 4.98 Å². The zero-order valence-corrected chi connectivity index (χ0v) is 10.9. The Bertz CT molecular complexity index is 644. The maximum atomic E-state index is 12.0. The topological polar surface area (TPSA) is 91.3 Å². The smallest absolute Gasteiger partial charge is 0.409 e. The highest BCUT2D eigenvalue weighted by Gasteiger charge is 2.10. The Labute approximate surface area is 119 Å². The van der Waals surface area contributed by atoms with Crippen LogP contribution in [-0.4, -0.2) is 22.1 Å². The van der Waals surface area contributed by atoms with Gasteiger partial charge in [-0.15, -0.1) is 0 Å². The van der Waals surface area contributed by atoms with Crippen molar-refractivity contribution in [3.8, 4) is 0 Å². The number of hydrogen-bond donors (Lipinski definition) is 3. The van der Waals surface area contributed by atoms with Crippen LogP contribution in [0.2, 0.25) is 5.15 Å². The van der Waals surface area contributed by atoms with Gasteiger partial charge in [-0.05, 0) is 24.3 Å². The van der Waals surface area contributed by atoms with E-state index < -0.39 is 12.0 Å². The molecule has 3 N–H and O–H groups in total. The normalized spacial score (nSPS) is 9.85. The Balaban J connectivity index is 2.19. The Morgan fingerprint density at radius 2 is 1.70 bits per heavy atom. The second kappa shape index (κ2) is 6.03. The summed E-state index contributed by atoms with van der Waals surface area (Å²) in [6.45, 7) is 0. The van der Waals surface area contributed by atoms with Crippen LogP contribution in [0.3, 0.4) is 0 Å². The van der Waals surface area contributed by atoms with Crippen molar-refractivity contribution in [1.29, 1.82) is 0 Å². The monoisotopic (exact) mass is 291 g/mol. The number of nitrogens with one attached hydrogen (secondary N) is 2. The van der Waals surface area contributed by atoms with E-state index in [2.05, 4.69) is 15.6 Å². The van der Waals surface area contributed by atoms with Gasteiger partial charge in [0, 0.05) is 6.20 Å². The molecule has 0 saturated heterocycles. The molecule has 0 atom stereocenters. The molecule has 0 radical (unpaired) electrons. The van der Waals surface area contributed by atoms with E-state index in [9.17, 15) is 9.59 Å². The predicted octanol–water partition coefficient (Wildman–Crippen LogP) is 3.08. The van der Waals surface area contributed by atoms with E-state index in [1.807, 2.05) is 0 Å². The van der Waals surface area contributed by atoms with Crippen LogP contribution in [0.4, 0.5) is 16.2 Å². The van der Waals surface area contributed by atoms with Gasteiger partial charge in [-0.25, -0.2) is 9.78 Å². The molecule has 102 valence electrons. The second-order valence-corrected chi connectivity index (χ2v) is 4.19. The molecule has 0 fully saturated rings. The molecule has 1 aromatic carbocycles. The standard InChI is InChI=1S/C13H10ClN3O3/c14-11-6-5-8(7-15-11)12(18)16-9-3-1-2-4-10(9)17-13(19)20/h1-7,17H,(H,16,18)(H,19,20). The summed E-state index contributed by atoms with van der Waals surface area (Å²) in [6, 6.07) is 9.50. The van der Waals surface area contributed by atoms with Crippen LogP contribution in [0.15, 0.2) is 42.6 Å². The highest BCUT2D eigenvalue weighted by atomic mass is 35.5. The Kier molecular flexibility index (Phi) is 4.17. The number of amides is 2. The molecular formula is C13H10ClN3O3. The number of para-hydroxylation sites is 2. The number of aromatic nitrogens is 1. The summed E-state index contributed by atoms with van der Waals surface area (Å²) in [6.07, 6.45) is 0.130. The third-order valence-corrected chi connectivity index (χ3v) is 2.63. The number of anilines is 2. The molecule has 7 heteroatoms. The lowest BCUT2D eigenvalue weighted by atomic mass is 10.2. The van der Waals surface area contributed by atoms with Gasteiger partial charge in [0.15, 0.2) is 0 Å². The first kappa shape index (κ1) is 13.8. The number of nitrogens with zero attached hydrogens (tertiary/aromatic N) is 1. The molecule has 1 heterocycles. The van der Waals surface area contributed by atoms with Gasteiger partial charge in [-0.1, -0.05) is 23.7 Å². The summed E-state index contributed by atoms with van der Waals surface area (Å²) in [5.41, 5.74) is 0.963. The predicted molar refractivity (Wildman–Crippen MR) is 75.3 cm³/mol. The van der Waals surface area contributed by atoms with Crippen LogP contribution >= 0.6 is 11.6 Å². The number of carbonyl (C=O) groups excluding carboxylic acids is 1. The van der Waals surface area contributed by atoms with Crippen LogP contribution in [0, 0.1) is 0 Å². The molecular weight excluding hydrogens is 282 g/mol. The maximum Gasteiger partial charge on any atom is 0.409 e. The van der Waals surface area contributed by atoms with E-state index >= 15 is 0 Å². The van der Waals surface area contributed by atoms with Crippen LogP contribution in [-0.2, 0) is 0 Å². The molecule has 0 unspecified atom stereocenters. The SMILES string of the molecule is O=C(O)Nc1ccccc1NC(=O)c1ccc(Cl)nc1. The minimum Gasteiger partial charge on any atom is -0.465 e. The highest BCUT2D eigenvalue weighted by molar-refractivity contribution is 6.29. The van der Waals surface area contributed by atoms with Gasteiger partial charge < -0.3 is 10.4 Å². The van der Waals surface area contributed by atoms with E-state index in [4.69, 9.17) is 16.7 Å². The maximum absolute atomic E-state index is 12.0. The number of carboxylic acid groups (broad SMARTS) is 1.